The van der Waals surface area contributed by atoms with Gasteiger partial charge in [-0.3, -0.25) is 9.35 Å². The van der Waals surface area contributed by atoms with Crippen LogP contribution in [0.3, 0.4) is 0 Å². The van der Waals surface area contributed by atoms with Crippen LogP contribution in [0.2, 0.25) is 0 Å². The third-order valence-corrected chi connectivity index (χ3v) is 5.00. The molecule has 0 heterocycles. The lowest BCUT2D eigenvalue weighted by Crippen LogP contribution is -2.55. The van der Waals surface area contributed by atoms with Gasteiger partial charge < -0.3 is 9.80 Å². The predicted octanol–water partition coefficient (Wildman–Crippen LogP) is 1.20. The van der Waals surface area contributed by atoms with E-state index in [4.69, 9.17) is 4.55 Å². The van der Waals surface area contributed by atoms with Crippen LogP contribution in [0.25, 0.3) is 0 Å². The van der Waals surface area contributed by atoms with E-state index in [1.54, 1.807) is 0 Å². The normalized spacial score (nSPS) is 13.7. The summed E-state index contributed by atoms with van der Waals surface area (Å²) >= 11 is 0. The van der Waals surface area contributed by atoms with Crippen LogP contribution < -0.4 is 5.32 Å². The molecule has 0 rings (SSSR count). The van der Waals surface area contributed by atoms with Crippen LogP contribution >= 0.6 is 0 Å². The number of nitrogens with one attached hydrogen (secondary N) is 1. The molecule has 0 aromatic carbocycles. The first kappa shape index (κ1) is 20.1. The highest BCUT2D eigenvalue weighted by atomic mass is 32.2. The Hall–Kier alpha value is -0.920. The third kappa shape index (κ3) is 7.59. The van der Waals surface area contributed by atoms with E-state index in [2.05, 4.69) is 25.7 Å². The molecule has 21 heavy (non-hydrogen) atoms. The van der Waals surface area contributed by atoms with Gasteiger partial charge in [0.15, 0.2) is 0 Å². The molecule has 6 nitrogen and oxygen atoms in total. The zero-order valence-corrected chi connectivity index (χ0v) is 14.2. The highest BCUT2D eigenvalue weighted by molar-refractivity contribution is 7.85. The highest BCUT2D eigenvalue weighted by Gasteiger charge is 2.30. The van der Waals surface area contributed by atoms with Crippen LogP contribution in [0, 0.1) is 0 Å². The molecule has 7 heteroatoms. The molecule has 2 N–H and O–H groups in total. The minimum absolute atomic E-state index is 0.136. The molecular formula is C14H29N2O4S+. The summed E-state index contributed by atoms with van der Waals surface area (Å²) in [6, 6.07) is 0.136. The molecule has 0 bridgehead atoms. The van der Waals surface area contributed by atoms with Gasteiger partial charge in [-0.15, -0.1) is 0 Å². The number of rotatable bonds is 11. The van der Waals surface area contributed by atoms with Gasteiger partial charge in [0.2, 0.25) is 5.91 Å². The van der Waals surface area contributed by atoms with Crippen molar-refractivity contribution in [3.05, 3.63) is 12.7 Å². The number of hydrogen-bond acceptors (Lipinski definition) is 3. The summed E-state index contributed by atoms with van der Waals surface area (Å²) in [4.78, 5) is 11.1. The van der Waals surface area contributed by atoms with Crippen molar-refractivity contribution in [2.75, 3.05) is 31.9 Å². The largest absolute Gasteiger partial charge is 0.352 e. The molecule has 0 fully saturated rings. The third-order valence-electron chi connectivity index (χ3n) is 4.25. The predicted molar refractivity (Wildman–Crippen MR) is 84.5 cm³/mol. The molecule has 0 radical (unpaired) electrons. The van der Waals surface area contributed by atoms with Crippen molar-refractivity contribution in [1.29, 1.82) is 0 Å². The van der Waals surface area contributed by atoms with Crippen LogP contribution in [-0.2, 0) is 14.9 Å². The monoisotopic (exact) mass is 321 g/mol. The van der Waals surface area contributed by atoms with Crippen molar-refractivity contribution < 1.29 is 22.2 Å². The van der Waals surface area contributed by atoms with E-state index >= 15 is 0 Å². The fourth-order valence-electron chi connectivity index (χ4n) is 2.65. The molecule has 1 unspecified atom stereocenters. The Morgan fingerprint density at radius 3 is 2.38 bits per heavy atom. The Morgan fingerprint density at radius 1 is 1.38 bits per heavy atom. The number of carbonyl (C=O) groups excluding carboxylic acids is 1. The Bertz CT molecular complexity index is 430. The average molecular weight is 321 g/mol. The van der Waals surface area contributed by atoms with E-state index in [0.717, 1.165) is 30.5 Å². The number of amides is 1. The zero-order valence-electron chi connectivity index (χ0n) is 13.3. The molecule has 1 amide bonds. The molecule has 1 atom stereocenters. The number of nitrogens with zero attached hydrogens (tertiary/aromatic N) is 1. The minimum atomic E-state index is -3.91. The van der Waals surface area contributed by atoms with E-state index in [-0.39, 0.29) is 17.7 Å². The number of hydrogen-bond donors (Lipinski definition) is 2. The van der Waals surface area contributed by atoms with Gasteiger partial charge >= 0.3 is 0 Å². The molecule has 0 aromatic rings. The summed E-state index contributed by atoms with van der Waals surface area (Å²) in [5, 5.41) is 2.75. The summed E-state index contributed by atoms with van der Waals surface area (Å²) in [7, 11) is -3.91. The Morgan fingerprint density at radius 2 is 1.95 bits per heavy atom. The molecule has 0 aromatic heterocycles. The summed E-state index contributed by atoms with van der Waals surface area (Å²) in [5.41, 5.74) is 0. The van der Waals surface area contributed by atoms with Gasteiger partial charge in [0.1, 0.15) is 0 Å². The molecule has 124 valence electrons. The molecule has 0 aliphatic carbocycles. The van der Waals surface area contributed by atoms with Crippen LogP contribution in [0.5, 0.6) is 0 Å². The first-order valence-corrected chi connectivity index (χ1v) is 9.03. The lowest BCUT2D eigenvalue weighted by Gasteiger charge is -2.42. The first-order chi connectivity index (χ1) is 9.70. The van der Waals surface area contributed by atoms with Gasteiger partial charge in [-0.05, 0) is 26.8 Å². The average Bonchev–Trinajstić information content (AvgIpc) is 2.44. The van der Waals surface area contributed by atoms with Crippen LogP contribution in [0.4, 0.5) is 0 Å². The summed E-state index contributed by atoms with van der Waals surface area (Å²) in [6.45, 7) is 12.8. The topological polar surface area (TPSA) is 83.5 Å². The quantitative estimate of drug-likeness (QED) is 0.259. The van der Waals surface area contributed by atoms with Crippen molar-refractivity contribution in [1.82, 2.24) is 5.32 Å². The lowest BCUT2D eigenvalue weighted by atomic mass is 10.1. The lowest BCUT2D eigenvalue weighted by molar-refractivity contribution is -0.946. The molecule has 0 saturated carbocycles. The van der Waals surface area contributed by atoms with Gasteiger partial charge in [0.05, 0.1) is 31.4 Å². The Labute approximate surface area is 128 Å². The zero-order chi connectivity index (χ0) is 16.5. The van der Waals surface area contributed by atoms with Crippen LogP contribution in [0.1, 0.15) is 33.6 Å². The van der Waals surface area contributed by atoms with Gasteiger partial charge in [0, 0.05) is 19.4 Å². The van der Waals surface area contributed by atoms with E-state index in [0.29, 0.717) is 13.0 Å². The van der Waals surface area contributed by atoms with Gasteiger partial charge in [0.25, 0.3) is 10.1 Å². The van der Waals surface area contributed by atoms with Gasteiger partial charge in [-0.1, -0.05) is 6.58 Å². The summed E-state index contributed by atoms with van der Waals surface area (Å²) < 4.78 is 31.5. The van der Waals surface area contributed by atoms with E-state index < -0.39 is 10.1 Å². The fourth-order valence-corrected chi connectivity index (χ4v) is 3.29. The molecule has 0 saturated heterocycles. The molecule has 0 spiro atoms. The molecule has 0 aliphatic rings. The maximum absolute atomic E-state index is 11.1. The van der Waals surface area contributed by atoms with Crippen molar-refractivity contribution in [3.63, 3.8) is 0 Å². The van der Waals surface area contributed by atoms with Gasteiger partial charge in [-0.25, -0.2) is 0 Å². The smallest absolute Gasteiger partial charge is 0.265 e. The summed E-state index contributed by atoms with van der Waals surface area (Å²) in [6.07, 6.45) is 2.49. The van der Waals surface area contributed by atoms with Crippen molar-refractivity contribution in [2.45, 2.75) is 39.7 Å². The highest BCUT2D eigenvalue weighted by Crippen LogP contribution is 2.18. The fraction of sp³-hybridized carbons (Fsp3) is 0.786. The number of carbonyl (C=O) groups is 1. The van der Waals surface area contributed by atoms with E-state index in [1.807, 2.05) is 6.92 Å². The van der Waals surface area contributed by atoms with Crippen LogP contribution in [-0.4, -0.2) is 61.3 Å². The minimum Gasteiger partial charge on any atom is -0.352 e. The second kappa shape index (κ2) is 9.17. The number of quaternary nitrogens is 1. The standard InChI is InChI=1S/C14H28N2O4S/c1-5-14(17)15-10-8-11-16(6-2,7-3)13(4)9-12-21(18,19)20/h5,13H,1,6-12H2,2-4H3,(H-,15,17,18,19,20)/p+1. The second-order valence-corrected chi connectivity index (χ2v) is 6.92. The maximum atomic E-state index is 11.1. The second-order valence-electron chi connectivity index (χ2n) is 5.35. The van der Waals surface area contributed by atoms with E-state index in [9.17, 15) is 13.2 Å². The Kier molecular flexibility index (Phi) is 8.77. The van der Waals surface area contributed by atoms with Crippen molar-refractivity contribution in [2.24, 2.45) is 0 Å². The SMILES string of the molecule is C=CC(=O)NCCC[N+](CC)(CC)C(C)CCS(=O)(=O)O. The first-order valence-electron chi connectivity index (χ1n) is 7.42. The van der Waals surface area contributed by atoms with Gasteiger partial charge in [-0.2, -0.15) is 8.42 Å². The maximum Gasteiger partial charge on any atom is 0.265 e. The molecular weight excluding hydrogens is 292 g/mol. The van der Waals surface area contributed by atoms with Crippen LogP contribution in [0.15, 0.2) is 12.7 Å². The Balaban J connectivity index is 4.52. The summed E-state index contributed by atoms with van der Waals surface area (Å²) in [5.74, 6) is -0.387. The van der Waals surface area contributed by atoms with E-state index in [1.165, 1.54) is 6.08 Å². The van der Waals surface area contributed by atoms with Crippen molar-refractivity contribution >= 4 is 16.0 Å². The molecule has 0 aliphatic heterocycles. The van der Waals surface area contributed by atoms with Crippen molar-refractivity contribution in [3.8, 4) is 0 Å².